The Hall–Kier alpha value is -1.23. The molecule has 2 atom stereocenters. The van der Waals surface area contributed by atoms with Crippen LogP contribution in [0.2, 0.25) is 0 Å². The molecule has 0 unspecified atom stereocenters. The molecule has 26 heavy (non-hydrogen) atoms. The van der Waals surface area contributed by atoms with Crippen LogP contribution in [0.15, 0.2) is 18.2 Å². The van der Waals surface area contributed by atoms with E-state index in [4.69, 9.17) is 0 Å². The lowest BCUT2D eigenvalue weighted by molar-refractivity contribution is -0.137. The third-order valence-electron chi connectivity index (χ3n) is 4.85. The molecule has 148 valence electrons. The van der Waals surface area contributed by atoms with Crippen molar-refractivity contribution in [3.63, 3.8) is 0 Å². The minimum atomic E-state index is -4.59. The quantitative estimate of drug-likeness (QED) is 0.734. The summed E-state index contributed by atoms with van der Waals surface area (Å²) in [5.41, 5.74) is -0.872. The summed E-state index contributed by atoms with van der Waals surface area (Å²) in [5, 5.41) is 0. The van der Waals surface area contributed by atoms with Gasteiger partial charge in [0.15, 0.2) is 0 Å². The minimum Gasteiger partial charge on any atom is -0.293 e. The van der Waals surface area contributed by atoms with Crippen LogP contribution in [0.3, 0.4) is 0 Å². The van der Waals surface area contributed by atoms with Gasteiger partial charge in [-0.1, -0.05) is 6.07 Å². The largest absolute Gasteiger partial charge is 0.416 e. The van der Waals surface area contributed by atoms with E-state index in [9.17, 15) is 26.0 Å². The molecule has 0 N–H and O–H groups in total. The van der Waals surface area contributed by atoms with Gasteiger partial charge in [0.2, 0.25) is 0 Å². The first kappa shape index (κ1) is 21.1. The normalized spacial score (nSPS) is 23.6. The van der Waals surface area contributed by atoms with Crippen LogP contribution >= 0.6 is 0 Å². The number of hydrogen-bond donors (Lipinski definition) is 0. The number of rotatable bonds is 4. The van der Waals surface area contributed by atoms with Gasteiger partial charge in [-0.2, -0.15) is 30.2 Å². The first-order valence-electron chi connectivity index (χ1n) is 8.14. The SMILES string of the molecule is C[C@@H]1[C@@H](C)N(S(=O)(=O)N(C)C)CCN1Cc1ccc(C(F)(F)F)cc1F. The number of nitrogens with zero attached hydrogens (tertiary/aromatic N) is 3. The maximum Gasteiger partial charge on any atom is 0.416 e. The van der Waals surface area contributed by atoms with Gasteiger partial charge in [-0.25, -0.2) is 4.39 Å². The Morgan fingerprint density at radius 1 is 1.15 bits per heavy atom. The average molecular weight is 397 g/mol. The monoisotopic (exact) mass is 397 g/mol. The zero-order valence-corrected chi connectivity index (χ0v) is 15.9. The maximum absolute atomic E-state index is 14.1. The van der Waals surface area contributed by atoms with Gasteiger partial charge in [-0.05, 0) is 26.0 Å². The molecule has 1 aliphatic rings. The molecular formula is C16H23F4N3O2S. The van der Waals surface area contributed by atoms with Gasteiger partial charge >= 0.3 is 6.18 Å². The minimum absolute atomic E-state index is 0.116. The molecular weight excluding hydrogens is 374 g/mol. The third kappa shape index (κ3) is 4.19. The van der Waals surface area contributed by atoms with Crippen molar-refractivity contribution >= 4 is 10.2 Å². The predicted molar refractivity (Wildman–Crippen MR) is 90.0 cm³/mol. The molecule has 0 bridgehead atoms. The lowest BCUT2D eigenvalue weighted by Gasteiger charge is -2.44. The molecule has 1 heterocycles. The first-order valence-corrected chi connectivity index (χ1v) is 9.54. The highest BCUT2D eigenvalue weighted by Gasteiger charge is 2.38. The Balaban J connectivity index is 2.16. The molecule has 10 heteroatoms. The van der Waals surface area contributed by atoms with Crippen LogP contribution in [0.4, 0.5) is 17.6 Å². The Morgan fingerprint density at radius 2 is 1.77 bits per heavy atom. The zero-order chi connectivity index (χ0) is 19.9. The van der Waals surface area contributed by atoms with Gasteiger partial charge in [0.25, 0.3) is 10.2 Å². The Labute approximate surface area is 151 Å². The van der Waals surface area contributed by atoms with Crippen LogP contribution in [0, 0.1) is 5.82 Å². The highest BCUT2D eigenvalue weighted by Crippen LogP contribution is 2.31. The highest BCUT2D eigenvalue weighted by molar-refractivity contribution is 7.86. The lowest BCUT2D eigenvalue weighted by atomic mass is 10.0. The van der Waals surface area contributed by atoms with Crippen LogP contribution in [0.25, 0.3) is 0 Å². The number of piperazine rings is 1. The average Bonchev–Trinajstić information content (AvgIpc) is 2.52. The standard InChI is InChI=1S/C16H23F4N3O2S/c1-11-12(2)23(26(24,25)21(3)4)8-7-22(11)10-13-5-6-14(9-15(13)17)16(18,19)20/h5-6,9,11-12H,7-8,10H2,1-4H3/t11-,12-/m1/s1. The van der Waals surface area contributed by atoms with Crippen molar-refractivity contribution in [2.75, 3.05) is 27.2 Å². The van der Waals surface area contributed by atoms with E-state index in [1.54, 1.807) is 6.92 Å². The Bertz CT molecular complexity index is 752. The summed E-state index contributed by atoms with van der Waals surface area (Å²) in [6.07, 6.45) is -4.59. The molecule has 0 amide bonds. The van der Waals surface area contributed by atoms with E-state index >= 15 is 0 Å². The van der Waals surface area contributed by atoms with Gasteiger partial charge in [0.1, 0.15) is 5.82 Å². The molecule has 0 saturated carbocycles. The summed E-state index contributed by atoms with van der Waals surface area (Å²) in [5.74, 6) is -0.914. The van der Waals surface area contributed by atoms with Crippen LogP contribution < -0.4 is 0 Å². The van der Waals surface area contributed by atoms with Crippen LogP contribution in [-0.2, 0) is 22.9 Å². The van der Waals surface area contributed by atoms with Gasteiger partial charge < -0.3 is 0 Å². The fourth-order valence-electron chi connectivity index (χ4n) is 3.01. The molecule has 1 saturated heterocycles. The van der Waals surface area contributed by atoms with Gasteiger partial charge in [0, 0.05) is 51.4 Å². The summed E-state index contributed by atoms with van der Waals surface area (Å²) in [7, 11) is -0.658. The van der Waals surface area contributed by atoms with E-state index in [-0.39, 0.29) is 30.7 Å². The number of benzene rings is 1. The maximum atomic E-state index is 14.1. The topological polar surface area (TPSA) is 43.9 Å². The van der Waals surface area contributed by atoms with Crippen molar-refractivity contribution in [1.82, 2.24) is 13.5 Å². The fourth-order valence-corrected chi connectivity index (χ4v) is 4.34. The van der Waals surface area contributed by atoms with Crippen molar-refractivity contribution in [1.29, 1.82) is 0 Å². The number of alkyl halides is 3. The Kier molecular flexibility index (Phi) is 6.01. The molecule has 0 aliphatic carbocycles. The summed E-state index contributed by atoms with van der Waals surface area (Å²) in [6.45, 7) is 4.30. The molecule has 0 aromatic heterocycles. The molecule has 0 spiro atoms. The van der Waals surface area contributed by atoms with E-state index < -0.39 is 27.8 Å². The molecule has 1 aromatic carbocycles. The smallest absolute Gasteiger partial charge is 0.293 e. The van der Waals surface area contributed by atoms with Crippen LogP contribution in [0.5, 0.6) is 0 Å². The summed E-state index contributed by atoms with van der Waals surface area (Å²) >= 11 is 0. The van der Waals surface area contributed by atoms with Gasteiger partial charge in [-0.15, -0.1) is 0 Å². The van der Waals surface area contributed by atoms with E-state index in [2.05, 4.69) is 0 Å². The molecule has 0 radical (unpaired) electrons. The highest BCUT2D eigenvalue weighted by atomic mass is 32.2. The second kappa shape index (κ2) is 7.41. The second-order valence-corrected chi connectivity index (χ2v) is 8.75. The van der Waals surface area contributed by atoms with Crippen molar-refractivity contribution in [3.05, 3.63) is 35.1 Å². The predicted octanol–water partition coefficient (Wildman–Crippen LogP) is 2.55. The van der Waals surface area contributed by atoms with Gasteiger partial charge in [0.05, 0.1) is 5.56 Å². The molecule has 1 aliphatic heterocycles. The molecule has 5 nitrogen and oxygen atoms in total. The Morgan fingerprint density at radius 3 is 2.27 bits per heavy atom. The van der Waals surface area contributed by atoms with Gasteiger partial charge in [-0.3, -0.25) is 4.90 Å². The van der Waals surface area contributed by atoms with Crippen molar-refractivity contribution in [3.8, 4) is 0 Å². The van der Waals surface area contributed by atoms with Crippen molar-refractivity contribution < 1.29 is 26.0 Å². The summed E-state index contributed by atoms with van der Waals surface area (Å²) in [4.78, 5) is 1.87. The second-order valence-electron chi connectivity index (χ2n) is 6.66. The van der Waals surface area contributed by atoms with Crippen LogP contribution in [0.1, 0.15) is 25.0 Å². The van der Waals surface area contributed by atoms with Crippen molar-refractivity contribution in [2.45, 2.75) is 38.7 Å². The van der Waals surface area contributed by atoms with E-state index in [0.29, 0.717) is 12.6 Å². The molecule has 1 aromatic rings. The van der Waals surface area contributed by atoms with E-state index in [1.807, 2.05) is 11.8 Å². The number of hydrogen-bond acceptors (Lipinski definition) is 3. The zero-order valence-electron chi connectivity index (χ0n) is 15.1. The van der Waals surface area contributed by atoms with Crippen molar-refractivity contribution in [2.24, 2.45) is 0 Å². The number of halogens is 4. The van der Waals surface area contributed by atoms with E-state index in [1.165, 1.54) is 18.4 Å². The fraction of sp³-hybridized carbons (Fsp3) is 0.625. The third-order valence-corrected chi connectivity index (χ3v) is 6.88. The molecule has 1 fully saturated rings. The summed E-state index contributed by atoms with van der Waals surface area (Å²) in [6, 6.07) is 1.92. The summed E-state index contributed by atoms with van der Waals surface area (Å²) < 4.78 is 79.3. The lowest BCUT2D eigenvalue weighted by Crippen LogP contribution is -2.60. The van der Waals surface area contributed by atoms with E-state index in [0.717, 1.165) is 16.4 Å². The molecule has 2 rings (SSSR count). The van der Waals surface area contributed by atoms with Crippen LogP contribution in [-0.4, -0.2) is 61.2 Å². The first-order chi connectivity index (χ1) is 11.9.